The summed E-state index contributed by atoms with van der Waals surface area (Å²) in [5, 5.41) is 9.48. The molecule has 0 spiro atoms. The standard InChI is InChI=1S/C9H4Cl2N2O/c10-6-1-2-8(11)7(3-6)9(4-12)13-5-14/h1-3,9H. The Labute approximate surface area is 90.6 Å². The number of rotatable bonds is 2. The van der Waals surface area contributed by atoms with Crippen LogP contribution in [0.3, 0.4) is 0 Å². The Morgan fingerprint density at radius 1 is 1.43 bits per heavy atom. The summed E-state index contributed by atoms with van der Waals surface area (Å²) < 4.78 is 0. The Balaban J connectivity index is 3.23. The fourth-order valence-corrected chi connectivity index (χ4v) is 1.35. The highest BCUT2D eigenvalue weighted by Crippen LogP contribution is 2.27. The smallest absolute Gasteiger partial charge is 0.211 e. The van der Waals surface area contributed by atoms with E-state index in [1.807, 2.05) is 6.07 Å². The average Bonchev–Trinajstić information content (AvgIpc) is 2.18. The van der Waals surface area contributed by atoms with E-state index >= 15 is 0 Å². The highest BCUT2D eigenvalue weighted by molar-refractivity contribution is 6.33. The van der Waals surface area contributed by atoms with E-state index < -0.39 is 6.04 Å². The maximum atomic E-state index is 10.0. The van der Waals surface area contributed by atoms with E-state index in [0.29, 0.717) is 15.6 Å². The van der Waals surface area contributed by atoms with Crippen LogP contribution in [0.4, 0.5) is 0 Å². The minimum Gasteiger partial charge on any atom is -0.211 e. The van der Waals surface area contributed by atoms with Gasteiger partial charge < -0.3 is 0 Å². The summed E-state index contributed by atoms with van der Waals surface area (Å²) in [6.07, 6.45) is 1.31. The van der Waals surface area contributed by atoms with Crippen molar-refractivity contribution in [3.8, 4) is 6.07 Å². The Bertz CT molecular complexity index is 433. The van der Waals surface area contributed by atoms with Crippen molar-refractivity contribution in [2.75, 3.05) is 0 Å². The lowest BCUT2D eigenvalue weighted by Gasteiger charge is -2.04. The summed E-state index contributed by atoms with van der Waals surface area (Å²) in [6, 6.07) is 5.50. The molecular weight excluding hydrogens is 223 g/mol. The predicted octanol–water partition coefficient (Wildman–Crippen LogP) is 2.89. The van der Waals surface area contributed by atoms with Crippen LogP contribution in [0.2, 0.25) is 10.0 Å². The molecule has 1 rings (SSSR count). The van der Waals surface area contributed by atoms with Crippen LogP contribution >= 0.6 is 23.2 Å². The predicted molar refractivity (Wildman–Crippen MR) is 52.9 cm³/mol. The second-order valence-corrected chi connectivity index (χ2v) is 3.26. The monoisotopic (exact) mass is 226 g/mol. The maximum Gasteiger partial charge on any atom is 0.236 e. The molecule has 1 unspecified atom stereocenters. The van der Waals surface area contributed by atoms with Gasteiger partial charge in [0.1, 0.15) is 0 Å². The van der Waals surface area contributed by atoms with E-state index in [-0.39, 0.29) is 0 Å². The molecule has 1 aromatic carbocycles. The zero-order valence-corrected chi connectivity index (χ0v) is 8.38. The Morgan fingerprint density at radius 3 is 2.71 bits per heavy atom. The molecule has 0 N–H and O–H groups in total. The van der Waals surface area contributed by atoms with Crippen LogP contribution in [0, 0.1) is 11.3 Å². The molecule has 0 aliphatic rings. The fourth-order valence-electron chi connectivity index (χ4n) is 0.945. The van der Waals surface area contributed by atoms with Gasteiger partial charge in [-0.05, 0) is 18.2 Å². The zero-order chi connectivity index (χ0) is 10.6. The third-order valence-electron chi connectivity index (χ3n) is 1.56. The van der Waals surface area contributed by atoms with E-state index in [4.69, 9.17) is 28.5 Å². The number of benzene rings is 1. The van der Waals surface area contributed by atoms with Crippen LogP contribution < -0.4 is 0 Å². The number of carbonyl (C=O) groups excluding carboxylic acids is 1. The molecule has 5 heteroatoms. The van der Waals surface area contributed by atoms with E-state index in [9.17, 15) is 4.79 Å². The van der Waals surface area contributed by atoms with Gasteiger partial charge in [0.25, 0.3) is 0 Å². The molecule has 70 valence electrons. The molecule has 0 bridgehead atoms. The normalized spacial score (nSPS) is 11.2. The Hall–Kier alpha value is -1.33. The largest absolute Gasteiger partial charge is 0.236 e. The molecule has 0 saturated carbocycles. The van der Waals surface area contributed by atoms with Gasteiger partial charge in [0.2, 0.25) is 6.08 Å². The zero-order valence-electron chi connectivity index (χ0n) is 6.87. The summed E-state index contributed by atoms with van der Waals surface area (Å²) in [7, 11) is 0. The molecular formula is C9H4Cl2N2O. The van der Waals surface area contributed by atoms with Crippen LogP contribution in [0.25, 0.3) is 0 Å². The molecule has 0 saturated heterocycles. The van der Waals surface area contributed by atoms with E-state index in [1.165, 1.54) is 12.1 Å². The topological polar surface area (TPSA) is 53.2 Å². The molecule has 1 aromatic rings. The molecule has 3 nitrogen and oxygen atoms in total. The minimum atomic E-state index is -0.946. The van der Waals surface area contributed by atoms with Gasteiger partial charge in [-0.15, -0.1) is 0 Å². The van der Waals surface area contributed by atoms with Crippen LogP contribution in [0.5, 0.6) is 0 Å². The summed E-state index contributed by atoms with van der Waals surface area (Å²) in [5.74, 6) is 0. The summed E-state index contributed by atoms with van der Waals surface area (Å²) >= 11 is 11.5. The highest BCUT2D eigenvalue weighted by Gasteiger charge is 2.12. The van der Waals surface area contributed by atoms with Gasteiger partial charge in [-0.3, -0.25) is 0 Å². The van der Waals surface area contributed by atoms with Crippen molar-refractivity contribution in [1.29, 1.82) is 5.26 Å². The molecule has 0 fully saturated rings. The average molecular weight is 227 g/mol. The first-order valence-corrected chi connectivity index (χ1v) is 4.36. The lowest BCUT2D eigenvalue weighted by atomic mass is 10.1. The first-order valence-electron chi connectivity index (χ1n) is 3.60. The second kappa shape index (κ2) is 4.78. The molecule has 0 radical (unpaired) electrons. The number of nitrogens with zero attached hydrogens (tertiary/aromatic N) is 2. The number of nitriles is 1. The van der Waals surface area contributed by atoms with Crippen LogP contribution in [0.15, 0.2) is 23.2 Å². The van der Waals surface area contributed by atoms with Crippen LogP contribution in [-0.4, -0.2) is 6.08 Å². The first kappa shape index (κ1) is 10.7. The first-order chi connectivity index (χ1) is 6.69. The third kappa shape index (κ3) is 2.34. The molecule has 0 heterocycles. The van der Waals surface area contributed by atoms with Gasteiger partial charge in [0, 0.05) is 15.6 Å². The van der Waals surface area contributed by atoms with Crippen LogP contribution in [-0.2, 0) is 4.79 Å². The second-order valence-electron chi connectivity index (χ2n) is 2.42. The van der Waals surface area contributed by atoms with E-state index in [0.717, 1.165) is 0 Å². The number of hydrogen-bond donors (Lipinski definition) is 0. The van der Waals surface area contributed by atoms with Gasteiger partial charge in [-0.25, -0.2) is 4.79 Å². The number of isocyanates is 1. The molecule has 0 aliphatic carbocycles. The summed E-state index contributed by atoms with van der Waals surface area (Å²) in [4.78, 5) is 13.3. The van der Waals surface area contributed by atoms with Crippen molar-refractivity contribution in [2.24, 2.45) is 4.99 Å². The van der Waals surface area contributed by atoms with E-state index in [1.54, 1.807) is 12.1 Å². The Morgan fingerprint density at radius 2 is 2.14 bits per heavy atom. The molecule has 0 amide bonds. The lowest BCUT2D eigenvalue weighted by molar-refractivity contribution is 0.561. The maximum absolute atomic E-state index is 10.0. The summed E-state index contributed by atoms with van der Waals surface area (Å²) in [6.45, 7) is 0. The van der Waals surface area contributed by atoms with Gasteiger partial charge in [-0.2, -0.15) is 10.3 Å². The molecule has 0 aromatic heterocycles. The number of hydrogen-bond acceptors (Lipinski definition) is 3. The molecule has 1 atom stereocenters. The van der Waals surface area contributed by atoms with Crippen molar-refractivity contribution < 1.29 is 4.79 Å². The highest BCUT2D eigenvalue weighted by atomic mass is 35.5. The summed E-state index contributed by atoms with van der Waals surface area (Å²) in [5.41, 5.74) is 0.407. The van der Waals surface area contributed by atoms with Crippen LogP contribution in [0.1, 0.15) is 11.6 Å². The van der Waals surface area contributed by atoms with Gasteiger partial charge in [0.15, 0.2) is 6.04 Å². The van der Waals surface area contributed by atoms with Gasteiger partial charge in [-0.1, -0.05) is 23.2 Å². The van der Waals surface area contributed by atoms with Crippen molar-refractivity contribution in [1.82, 2.24) is 0 Å². The lowest BCUT2D eigenvalue weighted by Crippen LogP contribution is -1.92. The molecule has 14 heavy (non-hydrogen) atoms. The van der Waals surface area contributed by atoms with Crippen molar-refractivity contribution in [3.05, 3.63) is 33.8 Å². The quantitative estimate of drug-likeness (QED) is 0.576. The van der Waals surface area contributed by atoms with Gasteiger partial charge >= 0.3 is 0 Å². The number of aliphatic imine (C=N–C) groups is 1. The minimum absolute atomic E-state index is 0.347. The third-order valence-corrected chi connectivity index (χ3v) is 2.14. The van der Waals surface area contributed by atoms with Crippen molar-refractivity contribution in [2.45, 2.75) is 6.04 Å². The number of halogens is 2. The Kier molecular flexibility index (Phi) is 3.67. The van der Waals surface area contributed by atoms with Gasteiger partial charge in [0.05, 0.1) is 6.07 Å². The molecule has 0 aliphatic heterocycles. The fraction of sp³-hybridized carbons (Fsp3) is 0.111. The van der Waals surface area contributed by atoms with Crippen molar-refractivity contribution in [3.63, 3.8) is 0 Å². The van der Waals surface area contributed by atoms with E-state index in [2.05, 4.69) is 4.99 Å². The SMILES string of the molecule is N#CC(N=C=O)c1cc(Cl)ccc1Cl. The van der Waals surface area contributed by atoms with Crippen molar-refractivity contribution >= 4 is 29.3 Å².